The van der Waals surface area contributed by atoms with Crippen molar-refractivity contribution in [2.75, 3.05) is 32.5 Å². The number of nitrogens with zero attached hydrogens (tertiary/aromatic N) is 5. The van der Waals surface area contributed by atoms with Crippen LogP contribution in [0.25, 0.3) is 11.0 Å². The molecule has 8 nitrogen and oxygen atoms in total. The molecule has 2 N–H and O–H groups in total. The summed E-state index contributed by atoms with van der Waals surface area (Å²) in [6.07, 6.45) is 1.45. The molecule has 0 aliphatic carbocycles. The van der Waals surface area contributed by atoms with Crippen molar-refractivity contribution < 1.29 is 9.53 Å². The SMILES string of the molecule is COc1c(C(C)n2nc(C)c3c(N)ncnc32)cc(Cl)c(C)c1C1CN(CC(C)=O)C1. The first-order chi connectivity index (χ1) is 14.7. The van der Waals surface area contributed by atoms with Crippen LogP contribution >= 0.6 is 11.6 Å². The summed E-state index contributed by atoms with van der Waals surface area (Å²) in [6.45, 7) is 9.65. The number of aryl methyl sites for hydroxylation is 1. The summed E-state index contributed by atoms with van der Waals surface area (Å²) in [6, 6.07) is 1.76. The smallest absolute Gasteiger partial charge is 0.164 e. The molecule has 1 atom stereocenters. The minimum atomic E-state index is -0.189. The molecule has 9 heteroatoms. The summed E-state index contributed by atoms with van der Waals surface area (Å²) in [5, 5.41) is 6.14. The minimum absolute atomic E-state index is 0.171. The second-order valence-corrected chi connectivity index (χ2v) is 8.68. The van der Waals surface area contributed by atoms with Crippen LogP contribution in [-0.4, -0.2) is 57.2 Å². The second-order valence-electron chi connectivity index (χ2n) is 8.28. The number of nitrogen functional groups attached to an aromatic ring is 1. The molecule has 1 aromatic carbocycles. The third-order valence-electron chi connectivity index (χ3n) is 6.08. The number of benzene rings is 1. The standard InChI is InChI=1S/C22H27ClN6O2/c1-11(30)7-28-8-15(9-28)18-12(2)17(23)6-16(20(18)31-5)14(4)29-22-19(13(3)27-29)21(24)25-10-26-22/h6,10,14-15H,7-9H2,1-5H3,(H2,24,25,26). The van der Waals surface area contributed by atoms with Crippen LogP contribution in [-0.2, 0) is 4.79 Å². The monoisotopic (exact) mass is 442 g/mol. The van der Waals surface area contributed by atoms with Gasteiger partial charge >= 0.3 is 0 Å². The van der Waals surface area contributed by atoms with E-state index in [9.17, 15) is 4.79 Å². The number of rotatable bonds is 6. The van der Waals surface area contributed by atoms with Crippen LogP contribution in [0.4, 0.5) is 5.82 Å². The number of Topliss-reactive ketones (excluding diaryl/α,β-unsaturated/α-hetero) is 1. The number of hydrogen-bond donors (Lipinski definition) is 1. The fourth-order valence-electron chi connectivity index (χ4n) is 4.56. The zero-order chi connectivity index (χ0) is 22.4. The highest BCUT2D eigenvalue weighted by molar-refractivity contribution is 6.31. The molecule has 1 saturated heterocycles. The van der Waals surface area contributed by atoms with Gasteiger partial charge in [0.2, 0.25) is 0 Å². The fraction of sp³-hybridized carbons (Fsp3) is 0.455. The van der Waals surface area contributed by atoms with Crippen LogP contribution in [0.15, 0.2) is 12.4 Å². The van der Waals surface area contributed by atoms with Gasteiger partial charge < -0.3 is 10.5 Å². The van der Waals surface area contributed by atoms with E-state index in [4.69, 9.17) is 27.2 Å². The number of ether oxygens (including phenoxy) is 1. The quantitative estimate of drug-likeness (QED) is 0.625. The summed E-state index contributed by atoms with van der Waals surface area (Å²) in [5.41, 5.74) is 10.6. The summed E-state index contributed by atoms with van der Waals surface area (Å²) >= 11 is 6.68. The molecule has 2 aromatic heterocycles. The number of nitrogens with two attached hydrogens (primary N) is 1. The highest BCUT2D eigenvalue weighted by Crippen LogP contribution is 2.44. The Balaban J connectivity index is 1.79. The molecule has 3 aromatic rings. The zero-order valence-electron chi connectivity index (χ0n) is 18.4. The van der Waals surface area contributed by atoms with Crippen molar-refractivity contribution in [2.24, 2.45) is 0 Å². The van der Waals surface area contributed by atoms with E-state index in [1.165, 1.54) is 6.33 Å². The maximum atomic E-state index is 11.5. The molecule has 0 saturated carbocycles. The number of anilines is 1. The lowest BCUT2D eigenvalue weighted by Gasteiger charge is -2.40. The third-order valence-corrected chi connectivity index (χ3v) is 6.47. The average molecular weight is 443 g/mol. The number of methoxy groups -OCH3 is 1. The van der Waals surface area contributed by atoms with Gasteiger partial charge in [-0.05, 0) is 39.3 Å². The molecule has 0 radical (unpaired) electrons. The third kappa shape index (κ3) is 3.64. The first-order valence-corrected chi connectivity index (χ1v) is 10.6. The topological polar surface area (TPSA) is 99.2 Å². The molecule has 0 spiro atoms. The van der Waals surface area contributed by atoms with Gasteiger partial charge in [-0.3, -0.25) is 9.69 Å². The average Bonchev–Trinajstić information content (AvgIpc) is 3.03. The van der Waals surface area contributed by atoms with Gasteiger partial charge in [0.15, 0.2) is 5.65 Å². The molecular weight excluding hydrogens is 416 g/mol. The predicted molar refractivity (Wildman–Crippen MR) is 121 cm³/mol. The molecule has 4 rings (SSSR count). The van der Waals surface area contributed by atoms with Crippen molar-refractivity contribution in [1.29, 1.82) is 0 Å². The molecular formula is C22H27ClN6O2. The van der Waals surface area contributed by atoms with Crippen LogP contribution in [0.3, 0.4) is 0 Å². The van der Waals surface area contributed by atoms with Crippen LogP contribution in [0, 0.1) is 13.8 Å². The number of halogens is 1. The van der Waals surface area contributed by atoms with Gasteiger partial charge in [-0.2, -0.15) is 5.10 Å². The number of carbonyl (C=O) groups excluding carboxylic acids is 1. The minimum Gasteiger partial charge on any atom is -0.496 e. The molecule has 1 fully saturated rings. The molecule has 0 bridgehead atoms. The van der Waals surface area contributed by atoms with Crippen LogP contribution in [0.5, 0.6) is 5.75 Å². The van der Waals surface area contributed by atoms with Gasteiger partial charge in [0, 0.05) is 35.2 Å². The van der Waals surface area contributed by atoms with Crippen LogP contribution in [0.2, 0.25) is 5.02 Å². The van der Waals surface area contributed by atoms with E-state index in [-0.39, 0.29) is 17.7 Å². The van der Waals surface area contributed by atoms with E-state index in [1.54, 1.807) is 14.0 Å². The van der Waals surface area contributed by atoms with Crippen molar-refractivity contribution in [3.8, 4) is 5.75 Å². The van der Waals surface area contributed by atoms with Crippen molar-refractivity contribution in [1.82, 2.24) is 24.6 Å². The summed E-state index contributed by atoms with van der Waals surface area (Å²) in [7, 11) is 1.68. The lowest BCUT2D eigenvalue weighted by molar-refractivity contribution is -0.119. The number of likely N-dealkylation sites (tertiary alicyclic amines) is 1. The maximum absolute atomic E-state index is 11.5. The van der Waals surface area contributed by atoms with E-state index < -0.39 is 0 Å². The highest BCUT2D eigenvalue weighted by Gasteiger charge is 2.34. The van der Waals surface area contributed by atoms with Gasteiger partial charge in [-0.25, -0.2) is 14.6 Å². The number of fused-ring (bicyclic) bond motifs is 1. The Morgan fingerprint density at radius 3 is 2.71 bits per heavy atom. The summed E-state index contributed by atoms with van der Waals surface area (Å²) in [4.78, 5) is 22.1. The Bertz CT molecular complexity index is 1170. The van der Waals surface area contributed by atoms with Gasteiger partial charge in [0.1, 0.15) is 23.7 Å². The molecule has 1 unspecified atom stereocenters. The lowest BCUT2D eigenvalue weighted by Crippen LogP contribution is -2.47. The fourth-order valence-corrected chi connectivity index (χ4v) is 4.78. The summed E-state index contributed by atoms with van der Waals surface area (Å²) < 4.78 is 7.77. The van der Waals surface area contributed by atoms with Gasteiger partial charge in [-0.1, -0.05) is 11.6 Å². The molecule has 3 heterocycles. The van der Waals surface area contributed by atoms with Gasteiger partial charge in [-0.15, -0.1) is 0 Å². The molecule has 31 heavy (non-hydrogen) atoms. The van der Waals surface area contributed by atoms with Crippen LogP contribution < -0.4 is 10.5 Å². The highest BCUT2D eigenvalue weighted by atomic mass is 35.5. The van der Waals surface area contributed by atoms with E-state index in [0.29, 0.717) is 23.0 Å². The lowest BCUT2D eigenvalue weighted by atomic mass is 9.85. The van der Waals surface area contributed by atoms with E-state index in [0.717, 1.165) is 46.6 Å². The Hall–Kier alpha value is -2.71. The molecule has 0 amide bonds. The van der Waals surface area contributed by atoms with Gasteiger partial charge in [0.05, 0.1) is 30.8 Å². The van der Waals surface area contributed by atoms with E-state index >= 15 is 0 Å². The Morgan fingerprint density at radius 2 is 2.06 bits per heavy atom. The normalized spacial score (nSPS) is 15.8. The summed E-state index contributed by atoms with van der Waals surface area (Å²) in [5.74, 6) is 1.65. The largest absolute Gasteiger partial charge is 0.496 e. The second kappa shape index (κ2) is 8.09. The van der Waals surface area contributed by atoms with Crippen molar-refractivity contribution in [2.45, 2.75) is 39.7 Å². The Kier molecular flexibility index (Phi) is 5.61. The van der Waals surface area contributed by atoms with E-state index in [1.807, 2.05) is 31.5 Å². The van der Waals surface area contributed by atoms with Crippen molar-refractivity contribution in [3.05, 3.63) is 39.8 Å². The molecule has 1 aliphatic heterocycles. The number of aromatic nitrogens is 4. The van der Waals surface area contributed by atoms with E-state index in [2.05, 4.69) is 14.9 Å². The molecule has 1 aliphatic rings. The zero-order valence-corrected chi connectivity index (χ0v) is 19.2. The van der Waals surface area contributed by atoms with Crippen LogP contribution in [0.1, 0.15) is 48.2 Å². The maximum Gasteiger partial charge on any atom is 0.164 e. The number of hydrogen-bond acceptors (Lipinski definition) is 7. The van der Waals surface area contributed by atoms with Crippen molar-refractivity contribution >= 4 is 34.2 Å². The first-order valence-electron chi connectivity index (χ1n) is 10.3. The predicted octanol–water partition coefficient (Wildman–Crippen LogP) is 3.28. The first kappa shape index (κ1) is 21.5. The Morgan fingerprint density at radius 1 is 1.35 bits per heavy atom. The molecule has 164 valence electrons. The van der Waals surface area contributed by atoms with Gasteiger partial charge in [0.25, 0.3) is 0 Å². The Labute approximate surface area is 186 Å². The number of ketones is 1. The van der Waals surface area contributed by atoms with Crippen molar-refractivity contribution in [3.63, 3.8) is 0 Å². The number of carbonyl (C=O) groups is 1.